The molecule has 3 rings (SSSR count). The lowest BCUT2D eigenvalue weighted by Gasteiger charge is -2.23. The van der Waals surface area contributed by atoms with Crippen LogP contribution < -0.4 is 0 Å². The van der Waals surface area contributed by atoms with Crippen molar-refractivity contribution in [3.8, 4) is 0 Å². The van der Waals surface area contributed by atoms with Crippen LogP contribution in [0.2, 0.25) is 0 Å². The van der Waals surface area contributed by atoms with Gasteiger partial charge in [0.05, 0.1) is 5.25 Å². The molecule has 1 saturated heterocycles. The van der Waals surface area contributed by atoms with Crippen LogP contribution in [0.4, 0.5) is 0 Å². The molecule has 7 heteroatoms. The Hall–Kier alpha value is -1.63. The molecule has 1 unspecified atom stereocenters. The summed E-state index contributed by atoms with van der Waals surface area (Å²) in [4.78, 5) is 23.0. The van der Waals surface area contributed by atoms with Gasteiger partial charge in [-0.25, -0.2) is 9.50 Å². The first-order valence-electron chi connectivity index (χ1n) is 7.37. The number of nitrogens with zero attached hydrogens (tertiary/aromatic N) is 5. The lowest BCUT2D eigenvalue weighted by atomic mass is 10.2. The van der Waals surface area contributed by atoms with Gasteiger partial charge in [0, 0.05) is 25.5 Å². The largest absolute Gasteiger partial charge is 0.342 e. The Bertz CT molecular complexity index is 588. The molecule has 112 valence electrons. The van der Waals surface area contributed by atoms with E-state index in [1.165, 1.54) is 24.6 Å². The monoisotopic (exact) mass is 305 g/mol. The number of fused-ring (bicyclic) bond motifs is 1. The Kier molecular flexibility index (Phi) is 4.38. The Balaban J connectivity index is 1.67. The first-order valence-corrected chi connectivity index (χ1v) is 8.25. The summed E-state index contributed by atoms with van der Waals surface area (Å²) in [7, 11) is 0. The lowest BCUT2D eigenvalue weighted by Crippen LogP contribution is -2.37. The minimum Gasteiger partial charge on any atom is -0.342 e. The molecule has 2 aromatic heterocycles. The molecule has 0 bridgehead atoms. The molecule has 1 fully saturated rings. The van der Waals surface area contributed by atoms with E-state index in [2.05, 4.69) is 15.1 Å². The molecule has 0 aliphatic carbocycles. The van der Waals surface area contributed by atoms with Gasteiger partial charge in [0.25, 0.3) is 5.78 Å². The summed E-state index contributed by atoms with van der Waals surface area (Å²) in [6, 6.07) is 1.81. The molecule has 0 saturated carbocycles. The predicted molar refractivity (Wildman–Crippen MR) is 81.1 cm³/mol. The smallest absolute Gasteiger partial charge is 0.253 e. The second kappa shape index (κ2) is 6.43. The standard InChI is InChI=1S/C14H19N5OS/c1-11(12(20)18-8-4-2-3-5-9-18)21-14-16-13-15-7-6-10-19(13)17-14/h6-7,10-11H,2-5,8-9H2,1H3. The van der Waals surface area contributed by atoms with Gasteiger partial charge < -0.3 is 4.90 Å². The van der Waals surface area contributed by atoms with Crippen LogP contribution in [0.25, 0.3) is 5.78 Å². The van der Waals surface area contributed by atoms with E-state index in [-0.39, 0.29) is 11.2 Å². The van der Waals surface area contributed by atoms with Gasteiger partial charge in [-0.3, -0.25) is 4.79 Å². The molecule has 6 nitrogen and oxygen atoms in total. The van der Waals surface area contributed by atoms with Crippen LogP contribution in [0.5, 0.6) is 0 Å². The van der Waals surface area contributed by atoms with Crippen LogP contribution in [0.1, 0.15) is 32.6 Å². The van der Waals surface area contributed by atoms with Crippen LogP contribution >= 0.6 is 11.8 Å². The van der Waals surface area contributed by atoms with Crippen molar-refractivity contribution in [2.75, 3.05) is 13.1 Å². The second-order valence-corrected chi connectivity index (χ2v) is 6.57. The lowest BCUT2D eigenvalue weighted by molar-refractivity contribution is -0.130. The third kappa shape index (κ3) is 3.34. The molecule has 0 radical (unpaired) electrons. The molecule has 3 heterocycles. The Morgan fingerprint density at radius 2 is 2.05 bits per heavy atom. The predicted octanol–water partition coefficient (Wildman–Crippen LogP) is 2.01. The zero-order chi connectivity index (χ0) is 14.7. The number of likely N-dealkylation sites (tertiary alicyclic amines) is 1. The van der Waals surface area contributed by atoms with Crippen molar-refractivity contribution in [2.45, 2.75) is 43.0 Å². The van der Waals surface area contributed by atoms with Gasteiger partial charge >= 0.3 is 0 Å². The first-order chi connectivity index (χ1) is 10.2. The van der Waals surface area contributed by atoms with Crippen LogP contribution in [0, 0.1) is 0 Å². The van der Waals surface area contributed by atoms with Gasteiger partial charge in [-0.05, 0) is 25.8 Å². The molecule has 1 atom stereocenters. The van der Waals surface area contributed by atoms with Gasteiger partial charge in [0.15, 0.2) is 0 Å². The molecule has 1 aliphatic rings. The number of hydrogen-bond acceptors (Lipinski definition) is 5. The summed E-state index contributed by atoms with van der Waals surface area (Å²) in [5.41, 5.74) is 0. The van der Waals surface area contributed by atoms with E-state index in [1.54, 1.807) is 16.9 Å². The molecule has 1 amide bonds. The maximum Gasteiger partial charge on any atom is 0.253 e. The maximum atomic E-state index is 12.5. The van der Waals surface area contributed by atoms with E-state index >= 15 is 0 Å². The number of thioether (sulfide) groups is 1. The van der Waals surface area contributed by atoms with Gasteiger partial charge in [0.2, 0.25) is 11.1 Å². The molecule has 21 heavy (non-hydrogen) atoms. The second-order valence-electron chi connectivity index (χ2n) is 5.26. The van der Waals surface area contributed by atoms with E-state index in [0.717, 1.165) is 25.9 Å². The number of hydrogen-bond donors (Lipinski definition) is 0. The fourth-order valence-electron chi connectivity index (χ4n) is 2.52. The van der Waals surface area contributed by atoms with Crippen molar-refractivity contribution < 1.29 is 4.79 Å². The normalized spacial score (nSPS) is 17.7. The summed E-state index contributed by atoms with van der Waals surface area (Å²) in [6.07, 6.45) is 8.17. The molecular weight excluding hydrogens is 286 g/mol. The number of rotatable bonds is 3. The maximum absolute atomic E-state index is 12.5. The molecule has 2 aromatic rings. The summed E-state index contributed by atoms with van der Waals surface area (Å²) in [5, 5.41) is 4.77. The third-order valence-electron chi connectivity index (χ3n) is 3.64. The number of aromatic nitrogens is 4. The Morgan fingerprint density at radius 1 is 1.29 bits per heavy atom. The molecular formula is C14H19N5OS. The van der Waals surface area contributed by atoms with Crippen molar-refractivity contribution >= 4 is 23.4 Å². The van der Waals surface area contributed by atoms with Crippen molar-refractivity contribution in [1.29, 1.82) is 0 Å². The molecule has 0 spiro atoms. The van der Waals surface area contributed by atoms with Crippen LogP contribution in [-0.2, 0) is 4.79 Å². The highest BCUT2D eigenvalue weighted by Crippen LogP contribution is 2.22. The summed E-state index contributed by atoms with van der Waals surface area (Å²) in [5.74, 6) is 0.753. The average Bonchev–Trinajstić information content (AvgIpc) is 2.71. The Labute approximate surface area is 128 Å². The molecule has 1 aliphatic heterocycles. The minimum atomic E-state index is -0.166. The number of amides is 1. The highest BCUT2D eigenvalue weighted by Gasteiger charge is 2.23. The van der Waals surface area contributed by atoms with Crippen molar-refractivity contribution in [3.05, 3.63) is 18.5 Å². The quantitative estimate of drug-likeness (QED) is 0.812. The summed E-state index contributed by atoms with van der Waals surface area (Å²) >= 11 is 1.40. The topological polar surface area (TPSA) is 63.4 Å². The SMILES string of the molecule is CC(Sc1nc2ncccn2n1)C(=O)N1CCCCCC1. The van der Waals surface area contributed by atoms with Crippen molar-refractivity contribution in [3.63, 3.8) is 0 Å². The van der Waals surface area contributed by atoms with Gasteiger partial charge in [-0.1, -0.05) is 24.6 Å². The Morgan fingerprint density at radius 3 is 2.76 bits per heavy atom. The van der Waals surface area contributed by atoms with E-state index in [0.29, 0.717) is 10.9 Å². The third-order valence-corrected chi connectivity index (χ3v) is 4.58. The zero-order valence-corrected chi connectivity index (χ0v) is 12.9. The van der Waals surface area contributed by atoms with E-state index < -0.39 is 0 Å². The molecule has 0 aromatic carbocycles. The number of carbonyl (C=O) groups excluding carboxylic acids is 1. The van der Waals surface area contributed by atoms with Crippen molar-refractivity contribution in [2.24, 2.45) is 0 Å². The van der Waals surface area contributed by atoms with Crippen LogP contribution in [-0.4, -0.2) is 48.7 Å². The summed E-state index contributed by atoms with van der Waals surface area (Å²) in [6.45, 7) is 3.69. The van der Waals surface area contributed by atoms with Crippen LogP contribution in [0.15, 0.2) is 23.6 Å². The highest BCUT2D eigenvalue weighted by atomic mass is 32.2. The zero-order valence-electron chi connectivity index (χ0n) is 12.1. The average molecular weight is 305 g/mol. The van der Waals surface area contributed by atoms with E-state index in [9.17, 15) is 4.79 Å². The van der Waals surface area contributed by atoms with Gasteiger partial charge in [0.1, 0.15) is 0 Å². The van der Waals surface area contributed by atoms with E-state index in [1.807, 2.05) is 17.9 Å². The van der Waals surface area contributed by atoms with Crippen LogP contribution in [0.3, 0.4) is 0 Å². The van der Waals surface area contributed by atoms with E-state index in [4.69, 9.17) is 0 Å². The highest BCUT2D eigenvalue weighted by molar-refractivity contribution is 8.00. The minimum absolute atomic E-state index is 0.166. The number of carbonyl (C=O) groups is 1. The molecule has 0 N–H and O–H groups in total. The fraction of sp³-hybridized carbons (Fsp3) is 0.571. The van der Waals surface area contributed by atoms with Crippen molar-refractivity contribution in [1.82, 2.24) is 24.5 Å². The fourth-order valence-corrected chi connectivity index (χ4v) is 3.36. The first kappa shape index (κ1) is 14.3. The summed E-state index contributed by atoms with van der Waals surface area (Å²) < 4.78 is 1.63. The van der Waals surface area contributed by atoms with Gasteiger partial charge in [-0.15, -0.1) is 5.10 Å². The van der Waals surface area contributed by atoms with Gasteiger partial charge in [-0.2, -0.15) is 4.98 Å².